The van der Waals surface area contributed by atoms with Crippen LogP contribution in [0.5, 0.6) is 0 Å². The molecule has 2 aromatic heterocycles. The summed E-state index contributed by atoms with van der Waals surface area (Å²) >= 11 is 0. The van der Waals surface area contributed by atoms with Crippen LogP contribution in [0.2, 0.25) is 0 Å². The Balaban J connectivity index is 1.65. The predicted molar refractivity (Wildman–Crippen MR) is 112 cm³/mol. The van der Waals surface area contributed by atoms with Crippen LogP contribution in [0.3, 0.4) is 0 Å². The van der Waals surface area contributed by atoms with Crippen LogP contribution in [0.15, 0.2) is 12.5 Å². The van der Waals surface area contributed by atoms with Crippen LogP contribution >= 0.6 is 0 Å². The number of ether oxygens (including phenoxy) is 3. The van der Waals surface area contributed by atoms with E-state index in [0.29, 0.717) is 16.6 Å². The topological polar surface area (TPSA) is 159 Å². The second-order valence-corrected chi connectivity index (χ2v) is 7.16. The summed E-state index contributed by atoms with van der Waals surface area (Å²) in [7, 11) is 0. The zero-order valence-electron chi connectivity index (χ0n) is 17.7. The van der Waals surface area contributed by atoms with E-state index < -0.39 is 24.4 Å². The van der Waals surface area contributed by atoms with E-state index in [-0.39, 0.29) is 57.3 Å². The molecular formula is C21H26N4O7. The average Bonchev–Trinajstić information content (AvgIpc) is 3.32. The number of aliphatic hydroxyl groups excluding tert-OH is 2. The van der Waals surface area contributed by atoms with Gasteiger partial charge in [0.05, 0.1) is 30.3 Å². The number of hydrogen-bond donors (Lipinski definition) is 3. The van der Waals surface area contributed by atoms with E-state index in [1.807, 2.05) is 0 Å². The van der Waals surface area contributed by atoms with Crippen LogP contribution in [-0.2, 0) is 23.8 Å². The second-order valence-electron chi connectivity index (χ2n) is 7.16. The van der Waals surface area contributed by atoms with Gasteiger partial charge in [0.15, 0.2) is 5.78 Å². The third-order valence-electron chi connectivity index (χ3n) is 4.87. The van der Waals surface area contributed by atoms with E-state index in [4.69, 9.17) is 19.9 Å². The highest BCUT2D eigenvalue weighted by Gasteiger charge is 2.35. The van der Waals surface area contributed by atoms with E-state index in [2.05, 4.69) is 21.8 Å². The van der Waals surface area contributed by atoms with E-state index in [0.717, 1.165) is 0 Å². The lowest BCUT2D eigenvalue weighted by atomic mass is 10.2. The Labute approximate surface area is 184 Å². The van der Waals surface area contributed by atoms with Gasteiger partial charge in [-0.15, -0.1) is 0 Å². The summed E-state index contributed by atoms with van der Waals surface area (Å²) in [6, 6.07) is 0. The molecule has 1 aliphatic rings. The number of carbonyl (C=O) groups is 2. The summed E-state index contributed by atoms with van der Waals surface area (Å²) in [6.07, 6.45) is 1.76. The molecule has 0 aromatic carbocycles. The lowest BCUT2D eigenvalue weighted by Crippen LogP contribution is -2.24. The molecule has 1 aliphatic heterocycles. The van der Waals surface area contributed by atoms with Gasteiger partial charge in [0, 0.05) is 25.5 Å². The lowest BCUT2D eigenvalue weighted by molar-refractivity contribution is -0.149. The van der Waals surface area contributed by atoms with Crippen molar-refractivity contribution in [3.05, 3.63) is 18.1 Å². The summed E-state index contributed by atoms with van der Waals surface area (Å²) in [5, 5.41) is 19.9. The molecule has 2 aromatic rings. The molecule has 0 radical (unpaired) electrons. The summed E-state index contributed by atoms with van der Waals surface area (Å²) in [4.78, 5) is 31.4. The number of Topliss-reactive ketones (excluding diaryl/α,β-unsaturated/α-hetero) is 1. The molecule has 4 N–H and O–H groups in total. The van der Waals surface area contributed by atoms with E-state index >= 15 is 0 Å². The maximum Gasteiger partial charge on any atom is 0.332 e. The standard InChI is InChI=1S/C21H26N4O7/c1-2-31-18(29)11-30-10-14(27)6-4-3-5-13-8-25(17-7-15(28)16(9-26)32-17)21-19(13)20(22)23-12-24-21/h8,12,15-17,26,28H,2,4,6-7,9-11H2,1H3,(H2,22,23,24). The van der Waals surface area contributed by atoms with Gasteiger partial charge >= 0.3 is 5.97 Å². The fourth-order valence-corrected chi connectivity index (χ4v) is 3.36. The van der Waals surface area contributed by atoms with Crippen molar-refractivity contribution in [1.29, 1.82) is 0 Å². The number of rotatable bonds is 9. The maximum atomic E-state index is 11.9. The Morgan fingerprint density at radius 2 is 2.19 bits per heavy atom. The van der Waals surface area contributed by atoms with Crippen molar-refractivity contribution >= 4 is 28.6 Å². The number of aliphatic hydroxyl groups is 2. The SMILES string of the molecule is CCOC(=O)COCC(=O)CCC#Cc1cn(C2CC(O)C(CO)O2)c2ncnc(N)c12. The monoisotopic (exact) mass is 446 g/mol. The number of nitrogens with two attached hydrogens (primary N) is 1. The highest BCUT2D eigenvalue weighted by molar-refractivity contribution is 5.92. The van der Waals surface area contributed by atoms with E-state index in [1.54, 1.807) is 17.7 Å². The molecule has 3 atom stereocenters. The van der Waals surface area contributed by atoms with Crippen LogP contribution in [0.4, 0.5) is 5.82 Å². The Morgan fingerprint density at radius 1 is 1.38 bits per heavy atom. The number of hydrogen-bond acceptors (Lipinski definition) is 10. The lowest BCUT2D eigenvalue weighted by Gasteiger charge is -2.14. The normalized spacial score (nSPS) is 20.2. The molecule has 3 unspecified atom stereocenters. The molecule has 172 valence electrons. The molecule has 3 heterocycles. The van der Waals surface area contributed by atoms with Gasteiger partial charge in [-0.25, -0.2) is 14.8 Å². The third-order valence-corrected chi connectivity index (χ3v) is 4.87. The number of ketones is 1. The van der Waals surface area contributed by atoms with Crippen LogP contribution in [-0.4, -0.2) is 75.1 Å². The molecule has 0 bridgehead atoms. The van der Waals surface area contributed by atoms with Gasteiger partial charge in [-0.05, 0) is 6.92 Å². The largest absolute Gasteiger partial charge is 0.464 e. The Morgan fingerprint density at radius 3 is 2.91 bits per heavy atom. The highest BCUT2D eigenvalue weighted by atomic mass is 16.6. The van der Waals surface area contributed by atoms with Crippen molar-refractivity contribution in [2.45, 2.75) is 44.6 Å². The molecule has 0 spiro atoms. The van der Waals surface area contributed by atoms with Crippen molar-refractivity contribution < 1.29 is 34.0 Å². The molecule has 0 amide bonds. The minimum Gasteiger partial charge on any atom is -0.464 e. The summed E-state index contributed by atoms with van der Waals surface area (Å²) in [5.74, 6) is 5.47. The second kappa shape index (κ2) is 11.0. The molecule has 1 saturated heterocycles. The number of carbonyl (C=O) groups excluding carboxylic acids is 2. The van der Waals surface area contributed by atoms with Crippen LogP contribution < -0.4 is 5.73 Å². The Bertz CT molecular complexity index is 1030. The fourth-order valence-electron chi connectivity index (χ4n) is 3.36. The molecule has 0 saturated carbocycles. The summed E-state index contributed by atoms with van der Waals surface area (Å²) < 4.78 is 17.2. The molecule has 11 nitrogen and oxygen atoms in total. The van der Waals surface area contributed by atoms with Gasteiger partial charge in [-0.1, -0.05) is 11.8 Å². The van der Waals surface area contributed by atoms with Gasteiger partial charge in [0.1, 0.15) is 43.3 Å². The zero-order chi connectivity index (χ0) is 23.1. The molecule has 1 fully saturated rings. The first kappa shape index (κ1) is 23.6. The third kappa shape index (κ3) is 5.60. The quantitative estimate of drug-likeness (QED) is 0.352. The zero-order valence-corrected chi connectivity index (χ0v) is 17.7. The van der Waals surface area contributed by atoms with Gasteiger partial charge in [0.25, 0.3) is 0 Å². The van der Waals surface area contributed by atoms with Gasteiger partial charge in [0.2, 0.25) is 0 Å². The van der Waals surface area contributed by atoms with Crippen LogP contribution in [0.1, 0.15) is 38.0 Å². The summed E-state index contributed by atoms with van der Waals surface area (Å²) in [6.45, 7) is 1.20. The molecule has 3 rings (SSSR count). The smallest absolute Gasteiger partial charge is 0.332 e. The Kier molecular flexibility index (Phi) is 8.13. The predicted octanol–water partition coefficient (Wildman–Crippen LogP) is -0.0653. The summed E-state index contributed by atoms with van der Waals surface area (Å²) in [5.41, 5.74) is 7.10. The van der Waals surface area contributed by atoms with Crippen LogP contribution in [0.25, 0.3) is 11.0 Å². The first-order valence-corrected chi connectivity index (χ1v) is 10.2. The van der Waals surface area contributed by atoms with Crippen molar-refractivity contribution in [3.63, 3.8) is 0 Å². The molecule has 0 aliphatic carbocycles. The first-order valence-electron chi connectivity index (χ1n) is 10.2. The number of aromatic nitrogens is 3. The number of anilines is 1. The van der Waals surface area contributed by atoms with Gasteiger partial charge in [-0.2, -0.15) is 0 Å². The number of nitrogen functional groups attached to an aromatic ring is 1. The molecule has 32 heavy (non-hydrogen) atoms. The fraction of sp³-hybridized carbons (Fsp3) is 0.524. The maximum absolute atomic E-state index is 11.9. The number of fused-ring (bicyclic) bond motifs is 1. The first-order chi connectivity index (χ1) is 15.4. The highest BCUT2D eigenvalue weighted by Crippen LogP contribution is 2.33. The van der Waals surface area contributed by atoms with Crippen molar-refractivity contribution in [1.82, 2.24) is 14.5 Å². The minimum atomic E-state index is -0.798. The molecular weight excluding hydrogens is 420 g/mol. The van der Waals surface area contributed by atoms with Crippen molar-refractivity contribution in [3.8, 4) is 11.8 Å². The van der Waals surface area contributed by atoms with Gasteiger partial charge < -0.3 is 34.7 Å². The average molecular weight is 446 g/mol. The number of nitrogens with zero attached hydrogens (tertiary/aromatic N) is 3. The Hall–Kier alpha value is -3.04. The van der Waals surface area contributed by atoms with Crippen molar-refractivity contribution in [2.24, 2.45) is 0 Å². The van der Waals surface area contributed by atoms with Gasteiger partial charge in [-0.3, -0.25) is 4.79 Å². The van der Waals surface area contributed by atoms with E-state index in [9.17, 15) is 19.8 Å². The van der Waals surface area contributed by atoms with Crippen molar-refractivity contribution in [2.75, 3.05) is 32.2 Å². The number of esters is 1. The van der Waals surface area contributed by atoms with Crippen LogP contribution in [0, 0.1) is 11.8 Å². The molecule has 11 heteroatoms. The minimum absolute atomic E-state index is 0.163. The van der Waals surface area contributed by atoms with E-state index in [1.165, 1.54) is 6.33 Å².